The van der Waals surface area contributed by atoms with Crippen molar-refractivity contribution in [2.45, 2.75) is 4.90 Å². The summed E-state index contributed by atoms with van der Waals surface area (Å²) in [5.41, 5.74) is 12.4. The van der Waals surface area contributed by atoms with Gasteiger partial charge in [0.25, 0.3) is 10.0 Å². The minimum absolute atomic E-state index is 0.0255. The number of rotatable bonds is 5. The van der Waals surface area contributed by atoms with E-state index in [0.29, 0.717) is 34.9 Å². The van der Waals surface area contributed by atoms with Crippen molar-refractivity contribution in [2.24, 2.45) is 0 Å². The van der Waals surface area contributed by atoms with Gasteiger partial charge in [0.1, 0.15) is 27.9 Å². The first kappa shape index (κ1) is 23.9. The number of nitrogens with zero attached hydrogens (tertiary/aromatic N) is 4. The van der Waals surface area contributed by atoms with E-state index in [-0.39, 0.29) is 22.6 Å². The second-order valence-corrected chi connectivity index (χ2v) is 9.47. The van der Waals surface area contributed by atoms with E-state index in [1.165, 1.54) is 24.4 Å². The number of nitrogens with two attached hydrogens (primary N) is 2. The Labute approximate surface area is 208 Å². The molecule has 0 aliphatic rings. The monoisotopic (exact) mass is 523 g/mol. The molecule has 5 aromatic rings. The van der Waals surface area contributed by atoms with Gasteiger partial charge in [-0.05, 0) is 54.6 Å². The molecule has 5 N–H and O–H groups in total. The molecule has 0 saturated heterocycles. The van der Waals surface area contributed by atoms with Crippen LogP contribution in [0.4, 0.5) is 30.5 Å². The first-order valence-corrected chi connectivity index (χ1v) is 12.0. The molecule has 186 valence electrons. The van der Waals surface area contributed by atoms with Gasteiger partial charge in [0.05, 0.1) is 16.9 Å². The molecule has 0 fully saturated rings. The third kappa shape index (κ3) is 4.59. The quantitative estimate of drug-likeness (QED) is 0.311. The zero-order chi connectivity index (χ0) is 26.3. The fourth-order valence-corrected chi connectivity index (χ4v) is 4.69. The largest absolute Gasteiger partial charge is 0.384 e. The van der Waals surface area contributed by atoms with Crippen LogP contribution in [-0.4, -0.2) is 28.4 Å². The summed E-state index contributed by atoms with van der Waals surface area (Å²) in [6.45, 7) is 0. The van der Waals surface area contributed by atoms with Crippen molar-refractivity contribution in [1.82, 2.24) is 19.9 Å². The Kier molecular flexibility index (Phi) is 5.84. The Morgan fingerprint density at radius 1 is 0.865 bits per heavy atom. The Morgan fingerprint density at radius 2 is 1.68 bits per heavy atom. The highest BCUT2D eigenvalue weighted by Gasteiger charge is 2.23. The van der Waals surface area contributed by atoms with Crippen molar-refractivity contribution in [3.63, 3.8) is 0 Å². The van der Waals surface area contributed by atoms with Crippen molar-refractivity contribution >= 4 is 38.4 Å². The lowest BCUT2D eigenvalue weighted by Crippen LogP contribution is -2.16. The topological polar surface area (TPSA) is 150 Å². The number of hydrogen-bond donors (Lipinski definition) is 3. The molecule has 9 nitrogen and oxygen atoms in total. The van der Waals surface area contributed by atoms with Crippen molar-refractivity contribution in [3.8, 4) is 22.6 Å². The van der Waals surface area contributed by atoms with Crippen molar-refractivity contribution in [1.29, 1.82) is 0 Å². The lowest BCUT2D eigenvalue weighted by Gasteiger charge is -2.12. The standard InChI is InChI=1S/C24H16F3N7O2S/c25-13-5-6-15(26)19(10-13)37(35,36)34-17-3-1-2-14(21(17)27)16-7-8-18-22(31-16)23(29)33-24(32-18)12-4-9-20(28)30-11-12/h1-11,34H,(H2,28,30)(H2,29,32,33). The van der Waals surface area contributed by atoms with Crippen LogP contribution in [0.25, 0.3) is 33.7 Å². The molecule has 2 aromatic carbocycles. The van der Waals surface area contributed by atoms with E-state index in [2.05, 4.69) is 19.9 Å². The molecule has 5 rings (SSSR count). The molecule has 0 aliphatic heterocycles. The highest BCUT2D eigenvalue weighted by atomic mass is 32.2. The third-order valence-corrected chi connectivity index (χ3v) is 6.70. The molecule has 0 spiro atoms. The van der Waals surface area contributed by atoms with Gasteiger partial charge in [-0.25, -0.2) is 41.5 Å². The van der Waals surface area contributed by atoms with Gasteiger partial charge in [0.2, 0.25) is 0 Å². The Hall–Kier alpha value is -4.78. The molecule has 13 heteroatoms. The van der Waals surface area contributed by atoms with Gasteiger partial charge in [-0.15, -0.1) is 0 Å². The molecule has 0 saturated carbocycles. The number of benzene rings is 2. The molecular formula is C24H16F3N7O2S. The number of pyridine rings is 2. The SMILES string of the molecule is Nc1ccc(-c2nc(N)c3nc(-c4cccc(NS(=O)(=O)c5cc(F)ccc5F)c4F)ccc3n2)cn1. The molecule has 0 amide bonds. The zero-order valence-electron chi connectivity index (χ0n) is 18.7. The van der Waals surface area contributed by atoms with Gasteiger partial charge in [0, 0.05) is 17.3 Å². The first-order chi connectivity index (χ1) is 17.6. The average molecular weight is 524 g/mol. The van der Waals surface area contributed by atoms with Crippen molar-refractivity contribution in [2.75, 3.05) is 16.2 Å². The number of halogens is 3. The fraction of sp³-hybridized carbons (Fsp3) is 0. The molecular weight excluding hydrogens is 507 g/mol. The van der Waals surface area contributed by atoms with E-state index >= 15 is 4.39 Å². The summed E-state index contributed by atoms with van der Waals surface area (Å²) >= 11 is 0. The molecule has 0 unspecified atom stereocenters. The van der Waals surface area contributed by atoms with Gasteiger partial charge in [-0.1, -0.05) is 6.07 Å². The first-order valence-electron chi connectivity index (χ1n) is 10.6. The van der Waals surface area contributed by atoms with E-state index < -0.39 is 38.1 Å². The maximum absolute atomic E-state index is 15.4. The predicted molar refractivity (Wildman–Crippen MR) is 132 cm³/mol. The summed E-state index contributed by atoms with van der Waals surface area (Å²) in [4.78, 5) is 16.1. The van der Waals surface area contributed by atoms with E-state index in [4.69, 9.17) is 11.5 Å². The highest BCUT2D eigenvalue weighted by molar-refractivity contribution is 7.92. The summed E-state index contributed by atoms with van der Waals surface area (Å²) in [5.74, 6) is -2.50. The number of nitrogens with one attached hydrogen (secondary N) is 1. The van der Waals surface area contributed by atoms with E-state index in [9.17, 15) is 17.2 Å². The number of hydrogen-bond acceptors (Lipinski definition) is 8. The normalized spacial score (nSPS) is 11.5. The van der Waals surface area contributed by atoms with Crippen LogP contribution in [0, 0.1) is 17.5 Å². The Balaban J connectivity index is 1.52. The number of nitrogen functional groups attached to an aromatic ring is 2. The molecule has 3 aromatic heterocycles. The number of fused-ring (bicyclic) bond motifs is 1. The number of aromatic nitrogens is 4. The summed E-state index contributed by atoms with van der Waals surface area (Å²) in [5, 5.41) is 0. The van der Waals surface area contributed by atoms with Crippen LogP contribution in [0.2, 0.25) is 0 Å². The molecule has 37 heavy (non-hydrogen) atoms. The number of sulfonamides is 1. The van der Waals surface area contributed by atoms with Crippen molar-refractivity contribution < 1.29 is 21.6 Å². The summed E-state index contributed by atoms with van der Waals surface area (Å²) in [7, 11) is -4.64. The van der Waals surface area contributed by atoms with Gasteiger partial charge >= 0.3 is 0 Å². The Bertz CT molecular complexity index is 1780. The lowest BCUT2D eigenvalue weighted by molar-refractivity contribution is 0.555. The van der Waals surface area contributed by atoms with Crippen LogP contribution >= 0.6 is 0 Å². The fourth-order valence-electron chi connectivity index (χ4n) is 3.54. The van der Waals surface area contributed by atoms with Crippen LogP contribution in [-0.2, 0) is 10.0 Å². The van der Waals surface area contributed by atoms with Crippen LogP contribution in [0.3, 0.4) is 0 Å². The average Bonchev–Trinajstić information content (AvgIpc) is 2.87. The van der Waals surface area contributed by atoms with Crippen LogP contribution in [0.15, 0.2) is 71.8 Å². The minimum Gasteiger partial charge on any atom is -0.384 e. The predicted octanol–water partition coefficient (Wildman–Crippen LogP) is 4.14. The second kappa shape index (κ2) is 9.02. The maximum atomic E-state index is 15.4. The molecule has 0 bridgehead atoms. The number of anilines is 3. The molecule has 0 radical (unpaired) electrons. The van der Waals surface area contributed by atoms with Gasteiger partial charge in [0.15, 0.2) is 17.5 Å². The molecule has 0 atom stereocenters. The third-order valence-electron chi connectivity index (χ3n) is 5.32. The van der Waals surface area contributed by atoms with E-state index in [1.54, 1.807) is 18.2 Å². The van der Waals surface area contributed by atoms with E-state index in [0.717, 1.165) is 12.1 Å². The van der Waals surface area contributed by atoms with Gasteiger partial charge in [-0.3, -0.25) is 4.72 Å². The van der Waals surface area contributed by atoms with Gasteiger partial charge < -0.3 is 11.5 Å². The zero-order valence-corrected chi connectivity index (χ0v) is 19.5. The second-order valence-electron chi connectivity index (χ2n) is 7.82. The molecule has 3 heterocycles. The lowest BCUT2D eigenvalue weighted by atomic mass is 10.1. The Morgan fingerprint density at radius 3 is 2.43 bits per heavy atom. The maximum Gasteiger partial charge on any atom is 0.265 e. The van der Waals surface area contributed by atoms with E-state index in [1.807, 2.05) is 4.72 Å². The van der Waals surface area contributed by atoms with Gasteiger partial charge in [-0.2, -0.15) is 0 Å². The highest BCUT2D eigenvalue weighted by Crippen LogP contribution is 2.31. The van der Waals surface area contributed by atoms with Crippen LogP contribution < -0.4 is 16.2 Å². The van der Waals surface area contributed by atoms with Crippen LogP contribution in [0.1, 0.15) is 0 Å². The molecule has 0 aliphatic carbocycles. The smallest absolute Gasteiger partial charge is 0.265 e. The van der Waals surface area contributed by atoms with Crippen LogP contribution in [0.5, 0.6) is 0 Å². The minimum atomic E-state index is -4.64. The summed E-state index contributed by atoms with van der Waals surface area (Å²) in [6.07, 6.45) is 1.50. The van der Waals surface area contributed by atoms with Crippen molar-refractivity contribution in [3.05, 3.63) is 84.3 Å². The summed E-state index contributed by atoms with van der Waals surface area (Å²) < 4.78 is 70.1. The summed E-state index contributed by atoms with van der Waals surface area (Å²) in [6, 6.07) is 12.1.